The van der Waals surface area contributed by atoms with Crippen LogP contribution in [0.2, 0.25) is 0 Å². The molecule has 0 radical (unpaired) electrons. The van der Waals surface area contributed by atoms with E-state index in [4.69, 9.17) is 18.9 Å². The minimum atomic E-state index is -0.689. The molecule has 0 saturated carbocycles. The van der Waals surface area contributed by atoms with Gasteiger partial charge in [0.25, 0.3) is 5.56 Å². The third kappa shape index (κ3) is 4.70. The first-order valence-corrected chi connectivity index (χ1v) is 12.7. The maximum absolute atomic E-state index is 13.7. The number of hydrogen-bond donors (Lipinski definition) is 0. The summed E-state index contributed by atoms with van der Waals surface area (Å²) in [6.45, 7) is 3.71. The van der Waals surface area contributed by atoms with Gasteiger partial charge in [-0.15, -0.1) is 0 Å². The number of nitrogens with zero attached hydrogens (tertiary/aromatic N) is 2. The maximum Gasteiger partial charge on any atom is 0.338 e. The first-order chi connectivity index (χ1) is 17.3. The maximum atomic E-state index is 13.7. The van der Waals surface area contributed by atoms with Crippen molar-refractivity contribution in [3.8, 4) is 17.2 Å². The number of allylic oxidation sites excluding steroid dienone is 1. The summed E-state index contributed by atoms with van der Waals surface area (Å²) in [4.78, 5) is 31.8. The summed E-state index contributed by atoms with van der Waals surface area (Å²) in [6.07, 6.45) is 1.77. The van der Waals surface area contributed by atoms with Crippen molar-refractivity contribution in [3.05, 3.63) is 83.0 Å². The minimum absolute atomic E-state index is 0.212. The lowest BCUT2D eigenvalue weighted by molar-refractivity contribution is -0.139. The smallest absolute Gasteiger partial charge is 0.338 e. The molecule has 0 saturated heterocycles. The van der Waals surface area contributed by atoms with Crippen LogP contribution in [0.4, 0.5) is 0 Å². The van der Waals surface area contributed by atoms with Gasteiger partial charge in [0.15, 0.2) is 16.3 Å². The monoisotopic (exact) mass is 572 g/mol. The third-order valence-corrected chi connectivity index (χ3v) is 7.27. The zero-order chi connectivity index (χ0) is 26.0. The summed E-state index contributed by atoms with van der Waals surface area (Å²) < 4.78 is 24.1. The number of ether oxygens (including phenoxy) is 4. The number of carbonyl (C=O) groups excluding carboxylic acids is 1. The van der Waals surface area contributed by atoms with E-state index in [1.54, 1.807) is 64.0 Å². The Balaban J connectivity index is 1.93. The molecule has 1 aliphatic rings. The highest BCUT2D eigenvalue weighted by molar-refractivity contribution is 9.10. The molecule has 1 atom stereocenters. The van der Waals surface area contributed by atoms with Crippen LogP contribution in [0.25, 0.3) is 6.08 Å². The second-order valence-electron chi connectivity index (χ2n) is 7.81. The van der Waals surface area contributed by atoms with E-state index in [2.05, 4.69) is 20.9 Å². The molecule has 8 nitrogen and oxygen atoms in total. The molecule has 0 amide bonds. The summed E-state index contributed by atoms with van der Waals surface area (Å²) in [5.74, 6) is 1.26. The van der Waals surface area contributed by atoms with Crippen LogP contribution in [0.1, 0.15) is 31.0 Å². The predicted molar refractivity (Wildman–Crippen MR) is 141 cm³/mol. The Morgan fingerprint density at radius 3 is 2.47 bits per heavy atom. The van der Waals surface area contributed by atoms with Gasteiger partial charge in [-0.05, 0) is 71.2 Å². The summed E-state index contributed by atoms with van der Waals surface area (Å²) in [6, 6.07) is 10.2. The van der Waals surface area contributed by atoms with Gasteiger partial charge in [0.1, 0.15) is 5.75 Å². The second-order valence-corrected chi connectivity index (χ2v) is 9.68. The average Bonchev–Trinajstić information content (AvgIpc) is 3.17. The van der Waals surface area contributed by atoms with Crippen LogP contribution in [0.15, 0.2) is 61.9 Å². The molecular formula is C26H25BrN2O6S. The van der Waals surface area contributed by atoms with Gasteiger partial charge in [-0.3, -0.25) is 9.36 Å². The van der Waals surface area contributed by atoms with E-state index in [-0.39, 0.29) is 12.2 Å². The summed E-state index contributed by atoms with van der Waals surface area (Å²) in [7, 11) is 4.69. The topological polar surface area (TPSA) is 88.4 Å². The molecule has 1 aromatic heterocycles. The number of hydrogen-bond acceptors (Lipinski definition) is 8. The fraction of sp³-hybridized carbons (Fsp3) is 0.269. The molecule has 0 N–H and O–H groups in total. The quantitative estimate of drug-likeness (QED) is 0.402. The molecule has 2 heterocycles. The molecule has 10 heteroatoms. The van der Waals surface area contributed by atoms with Gasteiger partial charge in [0.05, 0.1) is 54.3 Å². The fourth-order valence-corrected chi connectivity index (χ4v) is 5.73. The molecule has 0 aliphatic carbocycles. The van der Waals surface area contributed by atoms with E-state index in [9.17, 15) is 9.59 Å². The largest absolute Gasteiger partial charge is 0.497 e. The van der Waals surface area contributed by atoms with Crippen molar-refractivity contribution in [3.63, 3.8) is 0 Å². The Hall–Kier alpha value is -3.37. The average molecular weight is 573 g/mol. The van der Waals surface area contributed by atoms with Crippen LogP contribution in [-0.2, 0) is 9.53 Å². The molecule has 2 aromatic carbocycles. The first-order valence-electron chi connectivity index (χ1n) is 11.1. The number of aromatic nitrogens is 1. The summed E-state index contributed by atoms with van der Waals surface area (Å²) in [5, 5.41) is 0. The van der Waals surface area contributed by atoms with Gasteiger partial charge in [-0.1, -0.05) is 23.5 Å². The minimum Gasteiger partial charge on any atom is -0.497 e. The highest BCUT2D eigenvalue weighted by atomic mass is 79.9. The van der Waals surface area contributed by atoms with Crippen LogP contribution >= 0.6 is 27.3 Å². The van der Waals surface area contributed by atoms with E-state index < -0.39 is 12.0 Å². The van der Waals surface area contributed by atoms with E-state index in [0.29, 0.717) is 42.3 Å². The Kier molecular flexibility index (Phi) is 7.65. The van der Waals surface area contributed by atoms with Gasteiger partial charge < -0.3 is 18.9 Å². The normalized spacial score (nSPS) is 15.3. The molecule has 0 bridgehead atoms. The number of fused-ring (bicyclic) bond motifs is 1. The van der Waals surface area contributed by atoms with Gasteiger partial charge in [0, 0.05) is 0 Å². The zero-order valence-electron chi connectivity index (χ0n) is 20.5. The first kappa shape index (κ1) is 25.7. The third-order valence-electron chi connectivity index (χ3n) is 5.70. The van der Waals surface area contributed by atoms with Gasteiger partial charge in [-0.25, -0.2) is 9.79 Å². The van der Waals surface area contributed by atoms with Crippen molar-refractivity contribution in [1.82, 2.24) is 4.57 Å². The number of rotatable bonds is 7. The standard InChI is InChI=1S/C26H25BrN2O6S/c1-6-35-25(31)21-14(2)28-26-29(22(21)16-7-9-17(32-3)10-8-16)24(30)20(36-26)13-15-11-18(27)23(34-5)19(12-15)33-4/h7-13,22H,6H2,1-5H3/b20-13+/t22-/m1/s1. The molecule has 0 unspecified atom stereocenters. The number of halogens is 1. The molecule has 0 spiro atoms. The van der Waals surface area contributed by atoms with Crippen LogP contribution in [0.3, 0.4) is 0 Å². The van der Waals surface area contributed by atoms with Crippen molar-refractivity contribution in [2.45, 2.75) is 19.9 Å². The number of thiazole rings is 1. The second kappa shape index (κ2) is 10.7. The fourth-order valence-electron chi connectivity index (χ4n) is 4.07. The number of benzene rings is 2. The van der Waals surface area contributed by atoms with Crippen LogP contribution in [0.5, 0.6) is 17.2 Å². The Bertz CT molecular complexity index is 1520. The molecule has 4 rings (SSSR count). The Morgan fingerprint density at radius 1 is 1.14 bits per heavy atom. The van der Waals surface area contributed by atoms with Crippen molar-refractivity contribution in [1.29, 1.82) is 0 Å². The van der Waals surface area contributed by atoms with Gasteiger partial charge in [0.2, 0.25) is 0 Å². The Morgan fingerprint density at radius 2 is 1.86 bits per heavy atom. The summed E-state index contributed by atoms with van der Waals surface area (Å²) >= 11 is 4.75. The highest BCUT2D eigenvalue weighted by Crippen LogP contribution is 2.36. The van der Waals surface area contributed by atoms with Gasteiger partial charge in [-0.2, -0.15) is 0 Å². The number of carbonyl (C=O) groups is 1. The molecule has 3 aromatic rings. The van der Waals surface area contributed by atoms with Crippen LogP contribution in [-0.4, -0.2) is 38.5 Å². The molecular weight excluding hydrogens is 548 g/mol. The molecule has 1 aliphatic heterocycles. The van der Waals surface area contributed by atoms with E-state index in [1.807, 2.05) is 18.2 Å². The van der Waals surface area contributed by atoms with Crippen LogP contribution < -0.4 is 29.1 Å². The SMILES string of the molecule is CCOC(=O)C1=C(C)N=c2s/c(=C/c3cc(Br)c(OC)c(OC)c3)c(=O)n2[C@@H]1c1ccc(OC)cc1. The lowest BCUT2D eigenvalue weighted by Gasteiger charge is -2.24. The van der Waals surface area contributed by atoms with Gasteiger partial charge >= 0.3 is 5.97 Å². The molecule has 0 fully saturated rings. The van der Waals surface area contributed by atoms with Crippen molar-refractivity contribution < 1.29 is 23.7 Å². The Labute approximate surface area is 220 Å². The predicted octanol–water partition coefficient (Wildman–Crippen LogP) is 3.59. The van der Waals surface area contributed by atoms with Crippen molar-refractivity contribution >= 4 is 39.3 Å². The highest BCUT2D eigenvalue weighted by Gasteiger charge is 2.33. The van der Waals surface area contributed by atoms with E-state index >= 15 is 0 Å². The van der Waals surface area contributed by atoms with Crippen LogP contribution in [0, 0.1) is 0 Å². The molecule has 36 heavy (non-hydrogen) atoms. The number of esters is 1. The lowest BCUT2D eigenvalue weighted by Crippen LogP contribution is -2.39. The molecule has 188 valence electrons. The summed E-state index contributed by atoms with van der Waals surface area (Å²) in [5.41, 5.74) is 2.06. The number of methoxy groups -OCH3 is 3. The lowest BCUT2D eigenvalue weighted by atomic mass is 9.96. The van der Waals surface area contributed by atoms with Crippen molar-refractivity contribution in [2.24, 2.45) is 4.99 Å². The van der Waals surface area contributed by atoms with E-state index in [1.165, 1.54) is 11.3 Å². The van der Waals surface area contributed by atoms with Crippen molar-refractivity contribution in [2.75, 3.05) is 27.9 Å². The zero-order valence-corrected chi connectivity index (χ0v) is 22.9. The van der Waals surface area contributed by atoms with E-state index in [0.717, 1.165) is 11.1 Å².